The highest BCUT2D eigenvalue weighted by Gasteiger charge is 2.19. The summed E-state index contributed by atoms with van der Waals surface area (Å²) in [5.74, 6) is 0.274. The molecule has 0 atom stereocenters. The van der Waals surface area contributed by atoms with Crippen molar-refractivity contribution in [2.75, 3.05) is 5.73 Å². The molecule has 1 aromatic carbocycles. The lowest BCUT2D eigenvalue weighted by atomic mass is 10.0. The van der Waals surface area contributed by atoms with Gasteiger partial charge in [0.25, 0.3) is 0 Å². The van der Waals surface area contributed by atoms with Crippen LogP contribution < -0.4 is 10.5 Å². The first-order valence-electron chi connectivity index (χ1n) is 6.20. The van der Waals surface area contributed by atoms with Crippen LogP contribution in [0.25, 0.3) is 10.2 Å². The first kappa shape index (κ1) is 13.8. The molecule has 102 valence electrons. The molecule has 2 N–H and O–H groups in total. The summed E-state index contributed by atoms with van der Waals surface area (Å²) in [5.41, 5.74) is 9.58. The van der Waals surface area contributed by atoms with Gasteiger partial charge in [0.15, 0.2) is 5.13 Å². The number of aromatic nitrogens is 1. The van der Waals surface area contributed by atoms with Gasteiger partial charge in [-0.15, -0.1) is 0 Å². The van der Waals surface area contributed by atoms with Crippen molar-refractivity contribution < 1.29 is 9.53 Å². The Balaban J connectivity index is 2.64. The first-order chi connectivity index (χ1) is 8.82. The van der Waals surface area contributed by atoms with Gasteiger partial charge in [-0.3, -0.25) is 4.79 Å². The van der Waals surface area contributed by atoms with Crippen molar-refractivity contribution in [2.24, 2.45) is 5.92 Å². The third kappa shape index (κ3) is 2.30. The highest BCUT2D eigenvalue weighted by atomic mass is 32.1. The van der Waals surface area contributed by atoms with Gasteiger partial charge >= 0.3 is 5.97 Å². The van der Waals surface area contributed by atoms with E-state index >= 15 is 0 Å². The van der Waals surface area contributed by atoms with Crippen molar-refractivity contribution >= 4 is 32.7 Å². The number of thiazole rings is 1. The minimum Gasteiger partial charge on any atom is -0.426 e. The van der Waals surface area contributed by atoms with Gasteiger partial charge in [0.2, 0.25) is 0 Å². The van der Waals surface area contributed by atoms with Crippen LogP contribution in [0, 0.1) is 26.7 Å². The Hall–Kier alpha value is -1.62. The number of nitrogens with zero attached hydrogens (tertiary/aromatic N) is 1. The monoisotopic (exact) mass is 278 g/mol. The van der Waals surface area contributed by atoms with Crippen LogP contribution in [0.4, 0.5) is 5.13 Å². The lowest BCUT2D eigenvalue weighted by Crippen LogP contribution is -2.16. The molecule has 0 spiro atoms. The highest BCUT2D eigenvalue weighted by Crippen LogP contribution is 2.38. The van der Waals surface area contributed by atoms with Crippen LogP contribution in [0.1, 0.15) is 30.5 Å². The number of esters is 1. The molecule has 0 radical (unpaired) electrons. The fourth-order valence-electron chi connectivity index (χ4n) is 1.95. The van der Waals surface area contributed by atoms with Crippen molar-refractivity contribution in [3.8, 4) is 5.75 Å². The van der Waals surface area contributed by atoms with Crippen LogP contribution in [-0.4, -0.2) is 11.0 Å². The third-order valence-electron chi connectivity index (χ3n) is 3.26. The SMILES string of the molecule is Cc1c(OC(=O)C(C)C)c(C)c2sc(N)nc2c1C. The van der Waals surface area contributed by atoms with Gasteiger partial charge in [0, 0.05) is 5.56 Å². The summed E-state index contributed by atoms with van der Waals surface area (Å²) in [7, 11) is 0. The van der Waals surface area contributed by atoms with Crippen molar-refractivity contribution in [3.05, 3.63) is 16.7 Å². The largest absolute Gasteiger partial charge is 0.426 e. The number of anilines is 1. The number of hydrogen-bond acceptors (Lipinski definition) is 5. The Morgan fingerprint density at radius 1 is 1.21 bits per heavy atom. The zero-order valence-electron chi connectivity index (χ0n) is 11.8. The van der Waals surface area contributed by atoms with E-state index in [4.69, 9.17) is 10.5 Å². The number of rotatable bonds is 2. The number of fused-ring (bicyclic) bond motifs is 1. The zero-order chi connectivity index (χ0) is 14.3. The maximum atomic E-state index is 11.8. The van der Waals surface area contributed by atoms with Crippen LogP contribution in [0.2, 0.25) is 0 Å². The predicted molar refractivity (Wildman–Crippen MR) is 78.7 cm³/mol. The van der Waals surface area contributed by atoms with Crippen molar-refractivity contribution in [1.82, 2.24) is 4.98 Å². The molecule has 0 aliphatic rings. The Labute approximate surface area is 116 Å². The molecule has 0 fully saturated rings. The molecular weight excluding hydrogens is 260 g/mol. The molecule has 0 saturated heterocycles. The molecule has 2 rings (SSSR count). The lowest BCUT2D eigenvalue weighted by molar-refractivity contribution is -0.137. The minimum absolute atomic E-state index is 0.152. The number of carbonyl (C=O) groups is 1. The number of nitrogen functional groups attached to an aromatic ring is 1. The number of ether oxygens (including phenoxy) is 1. The summed E-state index contributed by atoms with van der Waals surface area (Å²) in [6.45, 7) is 9.50. The molecule has 0 unspecified atom stereocenters. The summed E-state index contributed by atoms with van der Waals surface area (Å²) in [6.07, 6.45) is 0. The second kappa shape index (κ2) is 4.81. The summed E-state index contributed by atoms with van der Waals surface area (Å²) < 4.78 is 6.53. The first-order valence-corrected chi connectivity index (χ1v) is 7.02. The van der Waals surface area contributed by atoms with Crippen molar-refractivity contribution in [2.45, 2.75) is 34.6 Å². The van der Waals surface area contributed by atoms with E-state index in [-0.39, 0.29) is 11.9 Å². The fraction of sp³-hybridized carbons (Fsp3) is 0.429. The van der Waals surface area contributed by atoms with E-state index in [2.05, 4.69) is 4.98 Å². The van der Waals surface area contributed by atoms with E-state index < -0.39 is 0 Å². The molecule has 1 aromatic heterocycles. The molecule has 0 aliphatic heterocycles. The molecule has 0 amide bonds. The smallest absolute Gasteiger partial charge is 0.313 e. The summed E-state index contributed by atoms with van der Waals surface area (Å²) in [5, 5.41) is 0.535. The number of benzene rings is 1. The average molecular weight is 278 g/mol. The van der Waals surface area contributed by atoms with Gasteiger partial charge in [0.05, 0.1) is 16.1 Å². The quantitative estimate of drug-likeness (QED) is 0.675. The maximum Gasteiger partial charge on any atom is 0.313 e. The Morgan fingerprint density at radius 2 is 1.84 bits per heavy atom. The predicted octanol–water partition coefficient (Wildman–Crippen LogP) is 3.37. The number of carbonyl (C=O) groups excluding carboxylic acids is 1. The van der Waals surface area contributed by atoms with Crippen LogP contribution in [0.3, 0.4) is 0 Å². The van der Waals surface area contributed by atoms with E-state index in [1.807, 2.05) is 34.6 Å². The van der Waals surface area contributed by atoms with E-state index in [9.17, 15) is 4.79 Å². The Bertz CT molecular complexity index is 659. The molecule has 1 heterocycles. The second-order valence-corrected chi connectivity index (χ2v) is 6.04. The standard InChI is InChI=1S/C14H18N2O2S/c1-6(2)13(17)18-11-8(4)7(3)10-12(9(11)5)19-14(15)16-10/h6H,1-5H3,(H2,15,16). The van der Waals surface area contributed by atoms with E-state index in [0.717, 1.165) is 26.9 Å². The van der Waals surface area contributed by atoms with Crippen LogP contribution in [-0.2, 0) is 4.79 Å². The molecule has 4 nitrogen and oxygen atoms in total. The second-order valence-electron chi connectivity index (χ2n) is 5.01. The topological polar surface area (TPSA) is 65.2 Å². The van der Waals surface area contributed by atoms with Gasteiger partial charge in [-0.1, -0.05) is 25.2 Å². The fourth-order valence-corrected chi connectivity index (χ4v) is 2.84. The number of nitrogens with two attached hydrogens (primary N) is 1. The molecule has 0 aliphatic carbocycles. The zero-order valence-corrected chi connectivity index (χ0v) is 12.6. The number of hydrogen-bond donors (Lipinski definition) is 1. The summed E-state index contributed by atoms with van der Waals surface area (Å²) >= 11 is 1.43. The van der Waals surface area contributed by atoms with Gasteiger partial charge in [-0.05, 0) is 31.9 Å². The van der Waals surface area contributed by atoms with E-state index in [1.54, 1.807) is 0 Å². The van der Waals surface area contributed by atoms with Crippen LogP contribution in [0.15, 0.2) is 0 Å². The van der Waals surface area contributed by atoms with Crippen LogP contribution in [0.5, 0.6) is 5.75 Å². The van der Waals surface area contributed by atoms with Crippen molar-refractivity contribution in [3.63, 3.8) is 0 Å². The molecule has 2 aromatic rings. The van der Waals surface area contributed by atoms with E-state index in [0.29, 0.717) is 10.9 Å². The third-order valence-corrected chi connectivity index (χ3v) is 4.26. The summed E-state index contributed by atoms with van der Waals surface area (Å²) in [6, 6.07) is 0. The normalized spacial score (nSPS) is 11.3. The van der Waals surface area contributed by atoms with Crippen molar-refractivity contribution in [1.29, 1.82) is 0 Å². The lowest BCUT2D eigenvalue weighted by Gasteiger charge is -2.14. The van der Waals surface area contributed by atoms with Gasteiger partial charge in [-0.2, -0.15) is 0 Å². The molecule has 19 heavy (non-hydrogen) atoms. The Kier molecular flexibility index (Phi) is 3.49. The highest BCUT2D eigenvalue weighted by molar-refractivity contribution is 7.22. The van der Waals surface area contributed by atoms with Crippen LogP contribution >= 0.6 is 11.3 Å². The van der Waals surface area contributed by atoms with Gasteiger partial charge < -0.3 is 10.5 Å². The van der Waals surface area contributed by atoms with E-state index in [1.165, 1.54) is 11.3 Å². The molecule has 5 heteroatoms. The molecule has 0 saturated carbocycles. The number of aryl methyl sites for hydroxylation is 2. The molecule has 0 bridgehead atoms. The average Bonchev–Trinajstić information content (AvgIpc) is 2.73. The maximum absolute atomic E-state index is 11.8. The summed E-state index contributed by atoms with van der Waals surface area (Å²) in [4.78, 5) is 16.2. The van der Waals surface area contributed by atoms with Gasteiger partial charge in [-0.25, -0.2) is 4.98 Å². The van der Waals surface area contributed by atoms with Gasteiger partial charge in [0.1, 0.15) is 5.75 Å². The molecular formula is C14H18N2O2S. The minimum atomic E-state index is -0.220. The Morgan fingerprint density at radius 3 is 2.42 bits per heavy atom.